The summed E-state index contributed by atoms with van der Waals surface area (Å²) in [6.07, 6.45) is 2.75. The van der Waals surface area contributed by atoms with E-state index in [2.05, 4.69) is 106 Å². The maximum atomic E-state index is 11.2. The summed E-state index contributed by atoms with van der Waals surface area (Å²) in [7, 11) is 0. The van der Waals surface area contributed by atoms with E-state index in [4.69, 9.17) is 9.47 Å². The van der Waals surface area contributed by atoms with Crippen molar-refractivity contribution in [2.45, 2.75) is 72.5 Å². The summed E-state index contributed by atoms with van der Waals surface area (Å²) in [5.74, 6) is 1.64. The lowest BCUT2D eigenvalue weighted by molar-refractivity contribution is -0.118. The van der Waals surface area contributed by atoms with Crippen LogP contribution in [-0.2, 0) is 29.8 Å². The number of aryl methyl sites for hydroxylation is 1. The van der Waals surface area contributed by atoms with Crippen LogP contribution in [0.3, 0.4) is 0 Å². The molecule has 0 heterocycles. The fourth-order valence-electron chi connectivity index (χ4n) is 4.86. The van der Waals surface area contributed by atoms with E-state index in [9.17, 15) is 4.79 Å². The molecular formula is C37H43NO3. The minimum atomic E-state index is 0.0116. The molecule has 0 bridgehead atoms. The van der Waals surface area contributed by atoms with E-state index >= 15 is 0 Å². The molecule has 0 unspecified atom stereocenters. The third kappa shape index (κ3) is 8.72. The van der Waals surface area contributed by atoms with E-state index in [1.54, 1.807) is 6.92 Å². The molecule has 0 aliphatic rings. The van der Waals surface area contributed by atoms with Crippen LogP contribution in [0.2, 0.25) is 0 Å². The number of ether oxygens (including phenoxy) is 2. The number of nitrogens with one attached hydrogen (secondary N) is 1. The van der Waals surface area contributed by atoms with Crippen LogP contribution in [0.4, 0.5) is 0 Å². The van der Waals surface area contributed by atoms with Crippen LogP contribution >= 0.6 is 0 Å². The standard InChI is InChI=1S/C37H43NO3/c1-27-32(15-11-16-35(27)30-12-7-6-8-13-30)26-40-34-22-19-31(14-9-10-23-38-28(2)39)36(24-34)41-25-29-17-20-33(21-18-29)37(3,4)5/h6-8,11-13,15-22,24H,9-10,14,23,25-26H2,1-5H3,(H,38,39). The van der Waals surface area contributed by atoms with Crippen LogP contribution in [0.25, 0.3) is 11.1 Å². The number of carbonyl (C=O) groups excluding carboxylic acids is 1. The van der Waals surface area contributed by atoms with E-state index < -0.39 is 0 Å². The van der Waals surface area contributed by atoms with Crippen molar-refractivity contribution in [2.75, 3.05) is 6.54 Å². The van der Waals surface area contributed by atoms with Crippen LogP contribution in [0.5, 0.6) is 11.5 Å². The lowest BCUT2D eigenvalue weighted by atomic mass is 9.87. The minimum Gasteiger partial charge on any atom is -0.489 e. The smallest absolute Gasteiger partial charge is 0.216 e. The fourth-order valence-corrected chi connectivity index (χ4v) is 4.86. The Morgan fingerprint density at radius 1 is 0.780 bits per heavy atom. The SMILES string of the molecule is CC(=O)NCCCCc1ccc(OCc2cccc(-c3ccccc3)c2C)cc1OCc1ccc(C(C)(C)C)cc1. The van der Waals surface area contributed by atoms with Crippen molar-refractivity contribution in [1.29, 1.82) is 0 Å². The highest BCUT2D eigenvalue weighted by atomic mass is 16.5. The molecule has 0 aliphatic carbocycles. The van der Waals surface area contributed by atoms with Gasteiger partial charge in [0.25, 0.3) is 0 Å². The molecule has 0 aromatic heterocycles. The van der Waals surface area contributed by atoms with Crippen molar-refractivity contribution in [3.05, 3.63) is 119 Å². The summed E-state index contributed by atoms with van der Waals surface area (Å²) in [6, 6.07) is 31.7. The zero-order chi connectivity index (χ0) is 29.2. The van der Waals surface area contributed by atoms with Crippen molar-refractivity contribution >= 4 is 5.91 Å². The Morgan fingerprint density at radius 3 is 2.24 bits per heavy atom. The number of carbonyl (C=O) groups is 1. The molecule has 0 radical (unpaired) electrons. The van der Waals surface area contributed by atoms with Gasteiger partial charge in [-0.25, -0.2) is 0 Å². The first kappa shape index (κ1) is 29.9. The molecule has 0 saturated carbocycles. The Hall–Kier alpha value is -4.05. The lowest BCUT2D eigenvalue weighted by Gasteiger charge is -2.19. The van der Waals surface area contributed by atoms with Gasteiger partial charge in [0.05, 0.1) is 0 Å². The molecule has 1 amide bonds. The van der Waals surface area contributed by atoms with Gasteiger partial charge in [-0.1, -0.05) is 99.6 Å². The number of rotatable bonds is 12. The van der Waals surface area contributed by atoms with Gasteiger partial charge in [0.2, 0.25) is 5.91 Å². The molecular weight excluding hydrogens is 506 g/mol. The lowest BCUT2D eigenvalue weighted by Crippen LogP contribution is -2.20. The van der Waals surface area contributed by atoms with Gasteiger partial charge in [-0.15, -0.1) is 0 Å². The Morgan fingerprint density at radius 2 is 1.54 bits per heavy atom. The predicted octanol–water partition coefficient (Wildman–Crippen LogP) is 8.58. The van der Waals surface area contributed by atoms with Gasteiger partial charge in [0.1, 0.15) is 24.7 Å². The molecule has 0 saturated heterocycles. The Kier molecular flexibility index (Phi) is 10.2. The van der Waals surface area contributed by atoms with E-state index in [0.29, 0.717) is 19.8 Å². The molecule has 0 atom stereocenters. The van der Waals surface area contributed by atoms with Crippen molar-refractivity contribution in [3.8, 4) is 22.6 Å². The first-order valence-corrected chi connectivity index (χ1v) is 14.6. The van der Waals surface area contributed by atoms with E-state index in [1.807, 2.05) is 18.2 Å². The first-order valence-electron chi connectivity index (χ1n) is 14.6. The van der Waals surface area contributed by atoms with Crippen molar-refractivity contribution in [3.63, 3.8) is 0 Å². The van der Waals surface area contributed by atoms with E-state index in [1.165, 1.54) is 22.3 Å². The molecule has 4 heteroatoms. The van der Waals surface area contributed by atoms with Gasteiger partial charge in [-0.2, -0.15) is 0 Å². The minimum absolute atomic E-state index is 0.0116. The number of hydrogen-bond acceptors (Lipinski definition) is 3. The number of unbranched alkanes of at least 4 members (excludes halogenated alkanes) is 1. The molecule has 4 aromatic carbocycles. The first-order chi connectivity index (χ1) is 19.7. The van der Waals surface area contributed by atoms with Crippen LogP contribution in [0.15, 0.2) is 91.0 Å². The number of hydrogen-bond donors (Lipinski definition) is 1. The highest BCUT2D eigenvalue weighted by Crippen LogP contribution is 2.30. The third-order valence-corrected chi connectivity index (χ3v) is 7.42. The molecule has 41 heavy (non-hydrogen) atoms. The molecule has 4 aromatic rings. The van der Waals surface area contributed by atoms with Gasteiger partial charge in [-0.3, -0.25) is 4.79 Å². The zero-order valence-electron chi connectivity index (χ0n) is 25.1. The normalized spacial score (nSPS) is 11.2. The summed E-state index contributed by atoms with van der Waals surface area (Å²) in [5, 5.41) is 2.88. The topological polar surface area (TPSA) is 47.6 Å². The predicted molar refractivity (Wildman–Crippen MR) is 168 cm³/mol. The Labute approximate surface area is 245 Å². The highest BCUT2D eigenvalue weighted by molar-refractivity contribution is 5.72. The van der Waals surface area contributed by atoms with E-state index in [0.717, 1.165) is 47.5 Å². The molecule has 0 spiro atoms. The van der Waals surface area contributed by atoms with Gasteiger partial charge >= 0.3 is 0 Å². The zero-order valence-corrected chi connectivity index (χ0v) is 25.1. The summed E-state index contributed by atoms with van der Waals surface area (Å²) < 4.78 is 12.7. The molecule has 0 fully saturated rings. The second kappa shape index (κ2) is 14.0. The maximum absolute atomic E-state index is 11.2. The van der Waals surface area contributed by atoms with Crippen molar-refractivity contribution < 1.29 is 14.3 Å². The maximum Gasteiger partial charge on any atom is 0.216 e. The largest absolute Gasteiger partial charge is 0.489 e. The second-order valence-corrected chi connectivity index (χ2v) is 11.7. The van der Waals surface area contributed by atoms with Crippen LogP contribution < -0.4 is 14.8 Å². The molecule has 4 rings (SSSR count). The van der Waals surface area contributed by atoms with Gasteiger partial charge in [0, 0.05) is 19.5 Å². The summed E-state index contributed by atoms with van der Waals surface area (Å²) in [6.45, 7) is 12.0. The quantitative estimate of drug-likeness (QED) is 0.180. The average molecular weight is 550 g/mol. The van der Waals surface area contributed by atoms with Crippen LogP contribution in [0, 0.1) is 6.92 Å². The molecule has 214 valence electrons. The Bertz CT molecular complexity index is 1420. The number of amides is 1. The summed E-state index contributed by atoms with van der Waals surface area (Å²) >= 11 is 0. The second-order valence-electron chi connectivity index (χ2n) is 11.7. The molecule has 1 N–H and O–H groups in total. The van der Waals surface area contributed by atoms with Crippen LogP contribution in [0.1, 0.15) is 68.4 Å². The average Bonchev–Trinajstić information content (AvgIpc) is 2.96. The van der Waals surface area contributed by atoms with Gasteiger partial charge < -0.3 is 14.8 Å². The van der Waals surface area contributed by atoms with Crippen molar-refractivity contribution in [2.24, 2.45) is 0 Å². The highest BCUT2D eigenvalue weighted by Gasteiger charge is 2.14. The van der Waals surface area contributed by atoms with Crippen LogP contribution in [-0.4, -0.2) is 12.5 Å². The van der Waals surface area contributed by atoms with E-state index in [-0.39, 0.29) is 11.3 Å². The monoisotopic (exact) mass is 549 g/mol. The van der Waals surface area contributed by atoms with Gasteiger partial charge in [0.15, 0.2) is 0 Å². The van der Waals surface area contributed by atoms with Crippen molar-refractivity contribution in [1.82, 2.24) is 5.32 Å². The summed E-state index contributed by atoms with van der Waals surface area (Å²) in [5.41, 5.74) is 8.53. The van der Waals surface area contributed by atoms with Gasteiger partial charge in [-0.05, 0) is 76.6 Å². The fraction of sp³-hybridized carbons (Fsp3) is 0.324. The Balaban J connectivity index is 1.47. The molecule has 0 aliphatic heterocycles. The molecule has 4 nitrogen and oxygen atoms in total. The summed E-state index contributed by atoms with van der Waals surface area (Å²) in [4.78, 5) is 11.2. The number of benzene rings is 4. The third-order valence-electron chi connectivity index (χ3n) is 7.42.